The summed E-state index contributed by atoms with van der Waals surface area (Å²) in [4.78, 5) is 16.7. The number of morpholine rings is 1. The van der Waals surface area contributed by atoms with Crippen molar-refractivity contribution in [2.75, 3.05) is 45.9 Å². The highest BCUT2D eigenvalue weighted by molar-refractivity contribution is 5.77. The number of amides is 1. The summed E-state index contributed by atoms with van der Waals surface area (Å²) in [6.45, 7) is 10.5. The quantitative estimate of drug-likeness (QED) is 0.798. The summed E-state index contributed by atoms with van der Waals surface area (Å²) in [5.41, 5.74) is 0. The van der Waals surface area contributed by atoms with Gasteiger partial charge in [0, 0.05) is 51.2 Å². The van der Waals surface area contributed by atoms with E-state index in [1.807, 2.05) is 4.90 Å². The molecule has 2 saturated heterocycles. The van der Waals surface area contributed by atoms with E-state index in [4.69, 9.17) is 4.74 Å². The van der Waals surface area contributed by atoms with E-state index < -0.39 is 0 Å². The van der Waals surface area contributed by atoms with Crippen molar-refractivity contribution in [1.82, 2.24) is 15.1 Å². The normalized spacial score (nSPS) is 27.3. The van der Waals surface area contributed by atoms with E-state index in [9.17, 15) is 4.79 Å². The van der Waals surface area contributed by atoms with Crippen LogP contribution in [0.15, 0.2) is 0 Å². The Morgan fingerprint density at radius 2 is 2.11 bits per heavy atom. The monoisotopic (exact) mass is 269 g/mol. The molecule has 2 unspecified atom stereocenters. The molecule has 2 aliphatic heterocycles. The number of rotatable bonds is 4. The molecule has 0 aliphatic carbocycles. The third kappa shape index (κ3) is 4.16. The van der Waals surface area contributed by atoms with Crippen molar-refractivity contribution in [1.29, 1.82) is 0 Å². The molecule has 2 heterocycles. The fourth-order valence-corrected chi connectivity index (χ4v) is 2.76. The molecule has 0 radical (unpaired) electrons. The minimum atomic E-state index is 0.203. The average Bonchev–Trinajstić information content (AvgIpc) is 2.47. The molecule has 0 bridgehead atoms. The summed E-state index contributed by atoms with van der Waals surface area (Å²) in [5, 5.41) is 3.34. The summed E-state index contributed by atoms with van der Waals surface area (Å²) in [7, 11) is 0. The molecule has 0 aromatic heterocycles. The maximum atomic E-state index is 12.2. The summed E-state index contributed by atoms with van der Waals surface area (Å²) in [5.74, 6) is 0.270. The van der Waals surface area contributed by atoms with Crippen LogP contribution in [0.2, 0.25) is 0 Å². The van der Waals surface area contributed by atoms with Gasteiger partial charge in [-0.25, -0.2) is 0 Å². The van der Waals surface area contributed by atoms with Gasteiger partial charge in [0.15, 0.2) is 0 Å². The molecule has 5 heteroatoms. The second-order valence-corrected chi connectivity index (χ2v) is 5.60. The Labute approximate surface area is 116 Å². The zero-order valence-electron chi connectivity index (χ0n) is 12.2. The first-order valence-electron chi connectivity index (χ1n) is 7.53. The summed E-state index contributed by atoms with van der Waals surface area (Å²) >= 11 is 0. The third-order valence-corrected chi connectivity index (χ3v) is 4.30. The molecule has 5 nitrogen and oxygen atoms in total. The minimum Gasteiger partial charge on any atom is -0.378 e. The molecular formula is C14H27N3O2. The van der Waals surface area contributed by atoms with Crippen LogP contribution in [0, 0.1) is 0 Å². The van der Waals surface area contributed by atoms with E-state index in [2.05, 4.69) is 24.1 Å². The predicted molar refractivity (Wildman–Crippen MR) is 75.1 cm³/mol. The van der Waals surface area contributed by atoms with Gasteiger partial charge in [0.1, 0.15) is 0 Å². The van der Waals surface area contributed by atoms with Gasteiger partial charge in [-0.1, -0.05) is 6.92 Å². The van der Waals surface area contributed by atoms with Crippen molar-refractivity contribution in [2.45, 2.75) is 38.8 Å². The van der Waals surface area contributed by atoms with Gasteiger partial charge in [0.25, 0.3) is 0 Å². The first-order chi connectivity index (χ1) is 9.20. The van der Waals surface area contributed by atoms with Gasteiger partial charge < -0.3 is 15.0 Å². The van der Waals surface area contributed by atoms with E-state index in [0.29, 0.717) is 19.1 Å². The zero-order chi connectivity index (χ0) is 13.7. The third-order valence-electron chi connectivity index (χ3n) is 4.30. The van der Waals surface area contributed by atoms with E-state index in [-0.39, 0.29) is 11.9 Å². The van der Waals surface area contributed by atoms with Crippen molar-refractivity contribution in [2.24, 2.45) is 0 Å². The molecule has 0 spiro atoms. The van der Waals surface area contributed by atoms with Gasteiger partial charge in [0.2, 0.25) is 5.91 Å². The smallest absolute Gasteiger partial charge is 0.224 e. The van der Waals surface area contributed by atoms with Gasteiger partial charge in [-0.2, -0.15) is 0 Å². The molecule has 1 amide bonds. The Morgan fingerprint density at radius 3 is 2.68 bits per heavy atom. The van der Waals surface area contributed by atoms with Gasteiger partial charge in [-0.3, -0.25) is 9.69 Å². The van der Waals surface area contributed by atoms with Crippen LogP contribution in [-0.2, 0) is 9.53 Å². The van der Waals surface area contributed by atoms with Crippen molar-refractivity contribution < 1.29 is 9.53 Å². The van der Waals surface area contributed by atoms with Crippen molar-refractivity contribution >= 4 is 5.91 Å². The summed E-state index contributed by atoms with van der Waals surface area (Å²) < 4.78 is 5.39. The second-order valence-electron chi connectivity index (χ2n) is 5.60. The van der Waals surface area contributed by atoms with Crippen LogP contribution >= 0.6 is 0 Å². The molecule has 2 aliphatic rings. The van der Waals surface area contributed by atoms with E-state index >= 15 is 0 Å². The highest BCUT2D eigenvalue weighted by Crippen LogP contribution is 2.11. The molecule has 0 aromatic carbocycles. The van der Waals surface area contributed by atoms with Gasteiger partial charge >= 0.3 is 0 Å². The fourth-order valence-electron chi connectivity index (χ4n) is 2.76. The molecule has 2 rings (SSSR count). The predicted octanol–water partition coefficient (Wildman–Crippen LogP) is 0.308. The van der Waals surface area contributed by atoms with E-state index in [1.54, 1.807) is 0 Å². The lowest BCUT2D eigenvalue weighted by Gasteiger charge is -2.38. The second kappa shape index (κ2) is 7.22. The van der Waals surface area contributed by atoms with Crippen LogP contribution in [-0.4, -0.2) is 73.7 Å². The highest BCUT2D eigenvalue weighted by Gasteiger charge is 2.25. The van der Waals surface area contributed by atoms with Crippen LogP contribution in [0.5, 0.6) is 0 Å². The Kier molecular flexibility index (Phi) is 5.60. The molecule has 19 heavy (non-hydrogen) atoms. The van der Waals surface area contributed by atoms with Gasteiger partial charge in [0.05, 0.1) is 13.2 Å². The molecule has 2 fully saturated rings. The number of hydrogen-bond donors (Lipinski definition) is 1. The number of hydrogen-bond acceptors (Lipinski definition) is 4. The molecule has 1 N–H and O–H groups in total. The van der Waals surface area contributed by atoms with E-state index in [0.717, 1.165) is 39.3 Å². The number of carbonyl (C=O) groups excluding carboxylic acids is 1. The maximum Gasteiger partial charge on any atom is 0.224 e. The van der Waals surface area contributed by atoms with Crippen molar-refractivity contribution in [3.8, 4) is 0 Å². The first-order valence-corrected chi connectivity index (χ1v) is 7.53. The van der Waals surface area contributed by atoms with Crippen molar-refractivity contribution in [3.05, 3.63) is 0 Å². The molecular weight excluding hydrogens is 242 g/mol. The van der Waals surface area contributed by atoms with Crippen LogP contribution in [0.25, 0.3) is 0 Å². The average molecular weight is 269 g/mol. The topological polar surface area (TPSA) is 44.8 Å². The Hall–Kier alpha value is -0.650. The van der Waals surface area contributed by atoms with Crippen LogP contribution in [0.3, 0.4) is 0 Å². The van der Waals surface area contributed by atoms with Gasteiger partial charge in [-0.05, 0) is 13.3 Å². The fraction of sp³-hybridized carbons (Fsp3) is 0.929. The number of nitrogens with zero attached hydrogens (tertiary/aromatic N) is 2. The largest absolute Gasteiger partial charge is 0.378 e. The molecule has 110 valence electrons. The Balaban J connectivity index is 1.72. The highest BCUT2D eigenvalue weighted by atomic mass is 16.5. The number of piperazine rings is 1. The van der Waals surface area contributed by atoms with Crippen LogP contribution in [0.4, 0.5) is 0 Å². The standard InChI is InChI=1S/C14H27N3O2/c1-3-12(2)16-5-7-17(8-6-16)14(18)10-13-11-19-9-4-15-13/h12-13,15H,3-11H2,1-2H3. The van der Waals surface area contributed by atoms with Gasteiger partial charge in [-0.15, -0.1) is 0 Å². The van der Waals surface area contributed by atoms with Crippen LogP contribution in [0.1, 0.15) is 26.7 Å². The lowest BCUT2D eigenvalue weighted by molar-refractivity contribution is -0.134. The number of carbonyl (C=O) groups is 1. The summed E-state index contributed by atoms with van der Waals surface area (Å²) in [6, 6.07) is 0.833. The Bertz CT molecular complexity index is 284. The van der Waals surface area contributed by atoms with Crippen molar-refractivity contribution in [3.63, 3.8) is 0 Å². The Morgan fingerprint density at radius 1 is 1.37 bits per heavy atom. The molecule has 2 atom stereocenters. The summed E-state index contributed by atoms with van der Waals surface area (Å²) in [6.07, 6.45) is 1.75. The molecule has 0 saturated carbocycles. The lowest BCUT2D eigenvalue weighted by atomic mass is 10.1. The van der Waals surface area contributed by atoms with Crippen LogP contribution < -0.4 is 5.32 Å². The number of nitrogens with one attached hydrogen (secondary N) is 1. The lowest BCUT2D eigenvalue weighted by Crippen LogP contribution is -2.52. The minimum absolute atomic E-state index is 0.203. The van der Waals surface area contributed by atoms with E-state index in [1.165, 1.54) is 6.42 Å². The zero-order valence-corrected chi connectivity index (χ0v) is 12.2. The SMILES string of the molecule is CCC(C)N1CCN(C(=O)CC2COCCN2)CC1. The maximum absolute atomic E-state index is 12.2. The number of ether oxygens (including phenoxy) is 1. The first kappa shape index (κ1) is 14.8. The molecule has 0 aromatic rings.